The molecule has 4 nitrogen and oxygen atoms in total. The van der Waals surface area contributed by atoms with Crippen molar-refractivity contribution in [1.29, 1.82) is 0 Å². The van der Waals surface area contributed by atoms with E-state index in [2.05, 4.69) is 21.0 Å². The fraction of sp³-hybridized carbons (Fsp3) is 0.357. The molecule has 1 heterocycles. The Morgan fingerprint density at radius 1 is 1.40 bits per heavy atom. The molecule has 1 aromatic carbocycles. The molecule has 0 saturated heterocycles. The molecule has 0 aliphatic rings. The molecule has 1 N–H and O–H groups in total. The van der Waals surface area contributed by atoms with Crippen molar-refractivity contribution in [3.63, 3.8) is 0 Å². The predicted octanol–water partition coefficient (Wildman–Crippen LogP) is 2.69. The number of ether oxygens (including phenoxy) is 1. The van der Waals surface area contributed by atoms with Crippen LogP contribution in [0.5, 0.6) is 0 Å². The van der Waals surface area contributed by atoms with Crippen molar-refractivity contribution in [2.24, 2.45) is 0 Å². The molecule has 0 fully saturated rings. The van der Waals surface area contributed by atoms with Crippen molar-refractivity contribution in [3.8, 4) is 0 Å². The molecule has 0 spiro atoms. The highest BCUT2D eigenvalue weighted by molar-refractivity contribution is 9.10. The lowest BCUT2D eigenvalue weighted by Crippen LogP contribution is -2.28. The topological polar surface area (TPSA) is 47.3 Å². The van der Waals surface area contributed by atoms with Crippen LogP contribution in [-0.4, -0.2) is 28.6 Å². The normalized spacial score (nSPS) is 14.2. The lowest BCUT2D eigenvalue weighted by atomic mass is 9.92. The van der Waals surface area contributed by atoms with Crippen molar-refractivity contribution in [1.82, 2.24) is 9.78 Å². The highest BCUT2D eigenvalue weighted by Gasteiger charge is 2.32. The van der Waals surface area contributed by atoms with Crippen LogP contribution < -0.4 is 0 Å². The average Bonchev–Trinajstić information content (AvgIpc) is 2.78. The van der Waals surface area contributed by atoms with Gasteiger partial charge in [0, 0.05) is 7.11 Å². The van der Waals surface area contributed by atoms with Gasteiger partial charge in [-0.1, -0.05) is 12.1 Å². The van der Waals surface area contributed by atoms with Crippen LogP contribution in [0.15, 0.2) is 34.9 Å². The van der Waals surface area contributed by atoms with Crippen LogP contribution >= 0.6 is 15.9 Å². The van der Waals surface area contributed by atoms with E-state index in [9.17, 15) is 9.50 Å². The standard InChI is InChI=1S/C14H16BrFN2O2/c1-14(19,10-3-5-11(16)6-4-10)13-12(15)9-17-18(13)7-8-20-2/h3-6,9,19H,7-8H2,1-2H3. The molecule has 20 heavy (non-hydrogen) atoms. The van der Waals surface area contributed by atoms with Crippen LogP contribution in [0.3, 0.4) is 0 Å². The minimum atomic E-state index is -1.28. The first kappa shape index (κ1) is 15.2. The van der Waals surface area contributed by atoms with Crippen LogP contribution in [0.25, 0.3) is 0 Å². The summed E-state index contributed by atoms with van der Waals surface area (Å²) < 4.78 is 20.4. The third kappa shape index (κ3) is 2.92. The van der Waals surface area contributed by atoms with Crippen molar-refractivity contribution in [3.05, 3.63) is 52.0 Å². The molecule has 6 heteroatoms. The number of hydrogen-bond donors (Lipinski definition) is 1. The van der Waals surface area contributed by atoms with E-state index in [0.29, 0.717) is 28.9 Å². The first-order chi connectivity index (χ1) is 9.46. The number of aliphatic hydroxyl groups is 1. The van der Waals surface area contributed by atoms with Crippen LogP contribution in [0.4, 0.5) is 4.39 Å². The van der Waals surface area contributed by atoms with Gasteiger partial charge in [-0.15, -0.1) is 0 Å². The van der Waals surface area contributed by atoms with Crippen LogP contribution in [0.2, 0.25) is 0 Å². The van der Waals surface area contributed by atoms with E-state index in [1.165, 1.54) is 12.1 Å². The fourth-order valence-corrected chi connectivity index (χ4v) is 2.79. The highest BCUT2D eigenvalue weighted by atomic mass is 79.9. The zero-order valence-electron chi connectivity index (χ0n) is 11.3. The molecule has 2 rings (SSSR count). The molecule has 108 valence electrons. The number of aromatic nitrogens is 2. The molecule has 1 aromatic heterocycles. The number of methoxy groups -OCH3 is 1. The second-order valence-electron chi connectivity index (χ2n) is 4.64. The molecule has 0 amide bonds. The van der Waals surface area contributed by atoms with Crippen molar-refractivity contribution < 1.29 is 14.2 Å². The zero-order valence-corrected chi connectivity index (χ0v) is 12.9. The third-order valence-electron chi connectivity index (χ3n) is 3.17. The maximum Gasteiger partial charge on any atom is 0.129 e. The summed E-state index contributed by atoms with van der Waals surface area (Å²) in [4.78, 5) is 0. The summed E-state index contributed by atoms with van der Waals surface area (Å²) in [7, 11) is 1.61. The van der Waals surface area contributed by atoms with Crippen molar-refractivity contribution in [2.45, 2.75) is 19.1 Å². The summed E-state index contributed by atoms with van der Waals surface area (Å²) in [5.74, 6) is -0.337. The smallest absolute Gasteiger partial charge is 0.129 e. The van der Waals surface area contributed by atoms with Gasteiger partial charge in [0.1, 0.15) is 11.4 Å². The number of nitrogens with zero attached hydrogens (tertiary/aromatic N) is 2. The van der Waals surface area contributed by atoms with Gasteiger partial charge in [-0.2, -0.15) is 5.10 Å². The SMILES string of the molecule is COCCn1ncc(Br)c1C(C)(O)c1ccc(F)cc1. The summed E-state index contributed by atoms with van der Waals surface area (Å²) in [6, 6.07) is 5.78. The Morgan fingerprint density at radius 3 is 2.65 bits per heavy atom. The van der Waals surface area contributed by atoms with E-state index < -0.39 is 5.60 Å². The molecular weight excluding hydrogens is 327 g/mol. The molecule has 1 unspecified atom stereocenters. The van der Waals surface area contributed by atoms with E-state index in [4.69, 9.17) is 4.74 Å². The predicted molar refractivity (Wildman–Crippen MR) is 76.9 cm³/mol. The maximum atomic E-state index is 13.0. The largest absolute Gasteiger partial charge is 0.383 e. The minimum absolute atomic E-state index is 0.337. The highest BCUT2D eigenvalue weighted by Crippen LogP contribution is 2.34. The van der Waals surface area contributed by atoms with Gasteiger partial charge in [-0.25, -0.2) is 4.39 Å². The van der Waals surface area contributed by atoms with Gasteiger partial charge < -0.3 is 9.84 Å². The molecule has 0 radical (unpaired) electrons. The summed E-state index contributed by atoms with van der Waals surface area (Å²) >= 11 is 3.40. The quantitative estimate of drug-likeness (QED) is 0.908. The van der Waals surface area contributed by atoms with Gasteiger partial charge in [0.15, 0.2) is 0 Å². The van der Waals surface area contributed by atoms with Crippen LogP contribution in [0, 0.1) is 5.82 Å². The summed E-state index contributed by atoms with van der Waals surface area (Å²) in [6.07, 6.45) is 1.63. The van der Waals surface area contributed by atoms with Gasteiger partial charge in [0.05, 0.1) is 29.5 Å². The number of benzene rings is 1. The lowest BCUT2D eigenvalue weighted by molar-refractivity contribution is 0.0874. The molecule has 2 aromatic rings. The summed E-state index contributed by atoms with van der Waals surface area (Å²) in [5.41, 5.74) is -0.0727. The van der Waals surface area contributed by atoms with E-state index >= 15 is 0 Å². The average molecular weight is 343 g/mol. The second-order valence-corrected chi connectivity index (χ2v) is 5.49. The van der Waals surface area contributed by atoms with E-state index in [1.807, 2.05) is 0 Å². The fourth-order valence-electron chi connectivity index (χ4n) is 2.10. The Balaban J connectivity index is 2.42. The van der Waals surface area contributed by atoms with Gasteiger partial charge in [-0.3, -0.25) is 4.68 Å². The number of rotatable bonds is 5. The molecular formula is C14H16BrFN2O2. The third-order valence-corrected chi connectivity index (χ3v) is 3.75. The van der Waals surface area contributed by atoms with E-state index in [0.717, 1.165) is 0 Å². The molecule has 0 saturated carbocycles. The van der Waals surface area contributed by atoms with Gasteiger partial charge in [-0.05, 0) is 40.5 Å². The summed E-state index contributed by atoms with van der Waals surface area (Å²) in [5, 5.41) is 15.1. The number of hydrogen-bond acceptors (Lipinski definition) is 3. The van der Waals surface area contributed by atoms with Crippen molar-refractivity contribution >= 4 is 15.9 Å². The van der Waals surface area contributed by atoms with Crippen LogP contribution in [-0.2, 0) is 16.9 Å². The first-order valence-corrected chi connectivity index (χ1v) is 6.95. The second kappa shape index (κ2) is 6.03. The number of halogens is 2. The van der Waals surface area contributed by atoms with Gasteiger partial charge in [0.25, 0.3) is 0 Å². The van der Waals surface area contributed by atoms with Gasteiger partial charge >= 0.3 is 0 Å². The Labute approximate surface area is 125 Å². The lowest BCUT2D eigenvalue weighted by Gasteiger charge is -2.25. The Hall–Kier alpha value is -1.24. The maximum absolute atomic E-state index is 13.0. The Kier molecular flexibility index (Phi) is 4.57. The monoisotopic (exact) mass is 342 g/mol. The zero-order chi connectivity index (χ0) is 14.8. The summed E-state index contributed by atoms with van der Waals surface area (Å²) in [6.45, 7) is 2.67. The Morgan fingerprint density at radius 2 is 2.05 bits per heavy atom. The van der Waals surface area contributed by atoms with E-state index in [-0.39, 0.29) is 5.82 Å². The van der Waals surface area contributed by atoms with Gasteiger partial charge in [0.2, 0.25) is 0 Å². The molecule has 0 aliphatic carbocycles. The van der Waals surface area contributed by atoms with Crippen LogP contribution in [0.1, 0.15) is 18.2 Å². The molecule has 0 aliphatic heterocycles. The minimum Gasteiger partial charge on any atom is -0.383 e. The van der Waals surface area contributed by atoms with Crippen molar-refractivity contribution in [2.75, 3.05) is 13.7 Å². The molecule has 0 bridgehead atoms. The Bertz CT molecular complexity index is 581. The first-order valence-electron chi connectivity index (χ1n) is 6.16. The molecule has 1 atom stereocenters. The van der Waals surface area contributed by atoms with E-state index in [1.54, 1.807) is 37.0 Å².